The van der Waals surface area contributed by atoms with Gasteiger partial charge >= 0.3 is 5.97 Å². The lowest BCUT2D eigenvalue weighted by atomic mass is 10.2. The maximum absolute atomic E-state index is 12.5. The van der Waals surface area contributed by atoms with Crippen molar-refractivity contribution in [2.75, 3.05) is 18.5 Å². The van der Waals surface area contributed by atoms with Crippen molar-refractivity contribution in [3.8, 4) is 11.5 Å². The summed E-state index contributed by atoms with van der Waals surface area (Å²) in [6, 6.07) is 12.1. The van der Waals surface area contributed by atoms with Crippen molar-refractivity contribution in [2.45, 2.75) is 25.9 Å². The first kappa shape index (κ1) is 21.4. The Morgan fingerprint density at radius 2 is 1.91 bits per heavy atom. The number of carbonyl (C=O) groups excluding carboxylic acids is 2. The van der Waals surface area contributed by atoms with Crippen molar-refractivity contribution in [2.24, 2.45) is 7.05 Å². The molecule has 166 valence electrons. The van der Waals surface area contributed by atoms with Gasteiger partial charge in [0, 0.05) is 25.2 Å². The SMILES string of the molecule is CC(OC(=O)CCc1nc2ccccc2c(=O)n1C)C(=O)Nc1ccc2c(c1)OCCO2. The predicted molar refractivity (Wildman–Crippen MR) is 117 cm³/mol. The molecule has 1 unspecified atom stereocenters. The van der Waals surface area contributed by atoms with Gasteiger partial charge in [-0.1, -0.05) is 12.1 Å². The molecule has 3 aromatic rings. The summed E-state index contributed by atoms with van der Waals surface area (Å²) in [5, 5.41) is 3.22. The number of ether oxygens (including phenoxy) is 3. The number of hydrogen-bond donors (Lipinski definition) is 1. The van der Waals surface area contributed by atoms with E-state index in [0.717, 1.165) is 0 Å². The molecule has 1 N–H and O–H groups in total. The lowest BCUT2D eigenvalue weighted by molar-refractivity contribution is -0.153. The van der Waals surface area contributed by atoms with Crippen LogP contribution in [0, 0.1) is 0 Å². The van der Waals surface area contributed by atoms with Crippen LogP contribution in [0.15, 0.2) is 47.3 Å². The number of benzene rings is 2. The fourth-order valence-corrected chi connectivity index (χ4v) is 3.38. The van der Waals surface area contributed by atoms with E-state index < -0.39 is 18.0 Å². The van der Waals surface area contributed by atoms with Gasteiger partial charge in [-0.2, -0.15) is 0 Å². The molecule has 1 aliphatic rings. The third-order valence-corrected chi connectivity index (χ3v) is 5.12. The molecular weight excluding hydrogens is 414 g/mol. The van der Waals surface area contributed by atoms with Crippen LogP contribution in [0.5, 0.6) is 11.5 Å². The maximum Gasteiger partial charge on any atom is 0.307 e. The van der Waals surface area contributed by atoms with Crippen molar-refractivity contribution >= 4 is 28.5 Å². The van der Waals surface area contributed by atoms with Gasteiger partial charge in [-0.05, 0) is 31.2 Å². The van der Waals surface area contributed by atoms with E-state index in [1.165, 1.54) is 11.5 Å². The second kappa shape index (κ2) is 9.09. The first-order chi connectivity index (χ1) is 15.4. The van der Waals surface area contributed by atoms with Crippen LogP contribution >= 0.6 is 0 Å². The Kier molecular flexibility index (Phi) is 6.07. The summed E-state index contributed by atoms with van der Waals surface area (Å²) in [4.78, 5) is 41.6. The molecule has 1 aromatic heterocycles. The Bertz CT molecular complexity index is 1240. The normalized spacial score (nSPS) is 13.4. The zero-order chi connectivity index (χ0) is 22.7. The Hall–Kier alpha value is -3.88. The number of aryl methyl sites for hydroxylation is 1. The molecule has 1 atom stereocenters. The third-order valence-electron chi connectivity index (χ3n) is 5.12. The van der Waals surface area contributed by atoms with Crippen molar-refractivity contribution in [1.29, 1.82) is 0 Å². The minimum Gasteiger partial charge on any atom is -0.486 e. The number of esters is 1. The molecule has 32 heavy (non-hydrogen) atoms. The number of fused-ring (bicyclic) bond motifs is 2. The number of aromatic nitrogens is 2. The molecule has 0 saturated heterocycles. The number of para-hydroxylation sites is 1. The Balaban J connectivity index is 1.34. The van der Waals surface area contributed by atoms with Gasteiger partial charge in [0.1, 0.15) is 19.0 Å². The van der Waals surface area contributed by atoms with Crippen LogP contribution in [0.2, 0.25) is 0 Å². The van der Waals surface area contributed by atoms with Crippen molar-refractivity contribution in [3.63, 3.8) is 0 Å². The molecule has 0 fully saturated rings. The highest BCUT2D eigenvalue weighted by Crippen LogP contribution is 2.32. The third kappa shape index (κ3) is 4.56. The number of nitrogens with one attached hydrogen (secondary N) is 1. The number of amides is 1. The zero-order valence-corrected chi connectivity index (χ0v) is 17.8. The van der Waals surface area contributed by atoms with Crippen molar-refractivity contribution in [1.82, 2.24) is 9.55 Å². The van der Waals surface area contributed by atoms with E-state index in [2.05, 4.69) is 10.3 Å². The van der Waals surface area contributed by atoms with Gasteiger partial charge in [-0.25, -0.2) is 4.98 Å². The van der Waals surface area contributed by atoms with E-state index >= 15 is 0 Å². The number of nitrogens with zero attached hydrogens (tertiary/aromatic N) is 2. The highest BCUT2D eigenvalue weighted by molar-refractivity contribution is 5.95. The van der Waals surface area contributed by atoms with Crippen LogP contribution in [0.1, 0.15) is 19.2 Å². The van der Waals surface area contributed by atoms with Gasteiger partial charge in [0.05, 0.1) is 17.3 Å². The van der Waals surface area contributed by atoms with E-state index in [0.29, 0.717) is 47.1 Å². The molecule has 1 aliphatic heterocycles. The fourth-order valence-electron chi connectivity index (χ4n) is 3.38. The minimum absolute atomic E-state index is 0.0136. The second-order valence-electron chi connectivity index (χ2n) is 7.39. The molecule has 9 nitrogen and oxygen atoms in total. The largest absolute Gasteiger partial charge is 0.486 e. The van der Waals surface area contributed by atoms with Crippen LogP contribution in [0.4, 0.5) is 5.69 Å². The van der Waals surface area contributed by atoms with Gasteiger partial charge < -0.3 is 19.5 Å². The monoisotopic (exact) mass is 437 g/mol. The van der Waals surface area contributed by atoms with Crippen molar-refractivity contribution < 1.29 is 23.8 Å². The standard InChI is InChI=1S/C23H23N3O6/c1-14(22(28)24-15-7-8-18-19(13-15)31-12-11-30-18)32-21(27)10-9-20-25-17-6-4-3-5-16(17)23(29)26(20)2/h3-8,13-14H,9-12H2,1-2H3,(H,24,28). The number of anilines is 1. The first-order valence-corrected chi connectivity index (χ1v) is 10.3. The molecule has 0 saturated carbocycles. The highest BCUT2D eigenvalue weighted by atomic mass is 16.6. The topological polar surface area (TPSA) is 109 Å². The van der Waals surface area contributed by atoms with E-state index in [-0.39, 0.29) is 18.4 Å². The fraction of sp³-hybridized carbons (Fsp3) is 0.304. The summed E-state index contributed by atoms with van der Waals surface area (Å²) < 4.78 is 17.6. The van der Waals surface area contributed by atoms with E-state index in [9.17, 15) is 14.4 Å². The predicted octanol–water partition coefficient (Wildman–Crippen LogP) is 2.21. The van der Waals surface area contributed by atoms with E-state index in [1.54, 1.807) is 49.5 Å². The Morgan fingerprint density at radius 1 is 1.16 bits per heavy atom. The summed E-state index contributed by atoms with van der Waals surface area (Å²) in [6.45, 7) is 2.42. The molecule has 0 spiro atoms. The van der Waals surface area contributed by atoms with Crippen LogP contribution in [0.3, 0.4) is 0 Å². The van der Waals surface area contributed by atoms with Crippen molar-refractivity contribution in [3.05, 3.63) is 58.6 Å². The molecule has 0 radical (unpaired) electrons. The lowest BCUT2D eigenvalue weighted by Gasteiger charge is -2.19. The quantitative estimate of drug-likeness (QED) is 0.589. The highest BCUT2D eigenvalue weighted by Gasteiger charge is 2.20. The minimum atomic E-state index is -0.996. The smallest absolute Gasteiger partial charge is 0.307 e. The van der Waals surface area contributed by atoms with Gasteiger partial charge in [0.15, 0.2) is 17.6 Å². The number of rotatable bonds is 6. The first-order valence-electron chi connectivity index (χ1n) is 10.3. The molecule has 1 amide bonds. The van der Waals surface area contributed by atoms with Gasteiger partial charge in [0.25, 0.3) is 11.5 Å². The van der Waals surface area contributed by atoms with Crippen LogP contribution in [0.25, 0.3) is 10.9 Å². The van der Waals surface area contributed by atoms with Gasteiger partial charge in [-0.3, -0.25) is 19.0 Å². The number of carbonyl (C=O) groups is 2. The summed E-state index contributed by atoms with van der Waals surface area (Å²) >= 11 is 0. The summed E-state index contributed by atoms with van der Waals surface area (Å²) in [6.07, 6.45) is -0.796. The molecule has 0 aliphatic carbocycles. The molecule has 2 heterocycles. The second-order valence-corrected chi connectivity index (χ2v) is 7.39. The average Bonchev–Trinajstić information content (AvgIpc) is 2.80. The van der Waals surface area contributed by atoms with Gasteiger partial charge in [0.2, 0.25) is 0 Å². The molecular formula is C23H23N3O6. The zero-order valence-electron chi connectivity index (χ0n) is 17.8. The Labute approximate surface area is 183 Å². The average molecular weight is 437 g/mol. The van der Waals surface area contributed by atoms with E-state index in [4.69, 9.17) is 14.2 Å². The molecule has 2 aromatic carbocycles. The van der Waals surface area contributed by atoms with Gasteiger partial charge in [-0.15, -0.1) is 0 Å². The Morgan fingerprint density at radius 3 is 2.72 bits per heavy atom. The van der Waals surface area contributed by atoms with E-state index in [1.807, 2.05) is 0 Å². The summed E-state index contributed by atoms with van der Waals surface area (Å²) in [7, 11) is 1.62. The molecule has 9 heteroatoms. The lowest BCUT2D eigenvalue weighted by Crippen LogP contribution is -2.30. The van der Waals surface area contributed by atoms with Crippen LogP contribution < -0.4 is 20.3 Å². The molecule has 4 rings (SSSR count). The summed E-state index contributed by atoms with van der Waals surface area (Å²) in [5.41, 5.74) is 0.912. The summed E-state index contributed by atoms with van der Waals surface area (Å²) in [5.74, 6) is 0.611. The van der Waals surface area contributed by atoms with Crippen LogP contribution in [-0.4, -0.2) is 40.7 Å². The van der Waals surface area contributed by atoms with Crippen LogP contribution in [-0.2, 0) is 27.8 Å². The maximum atomic E-state index is 12.5. The molecule has 0 bridgehead atoms. The number of hydrogen-bond acceptors (Lipinski definition) is 7.